The highest BCUT2D eigenvalue weighted by molar-refractivity contribution is 6.19. The summed E-state index contributed by atoms with van der Waals surface area (Å²) in [5.74, 6) is 0. The van der Waals surface area contributed by atoms with E-state index in [1.807, 2.05) is 6.07 Å². The van der Waals surface area contributed by atoms with E-state index in [4.69, 9.17) is 0 Å². The van der Waals surface area contributed by atoms with Gasteiger partial charge in [0.15, 0.2) is 0 Å². The Morgan fingerprint density at radius 1 is 0.386 bits per heavy atom. The van der Waals surface area contributed by atoms with E-state index in [0.717, 1.165) is 22.6 Å². The molecule has 0 aliphatic heterocycles. The fourth-order valence-electron chi connectivity index (χ4n) is 9.46. The molecule has 0 amide bonds. The minimum absolute atomic E-state index is 0.475. The average molecular weight is 727 g/mol. The number of nitrogens with one attached hydrogen (secondary N) is 1. The van der Waals surface area contributed by atoms with Crippen molar-refractivity contribution in [2.24, 2.45) is 0 Å². The zero-order valence-corrected chi connectivity index (χ0v) is 31.3. The molecule has 0 fully saturated rings. The fourth-order valence-corrected chi connectivity index (χ4v) is 9.46. The quantitative estimate of drug-likeness (QED) is 0.173. The summed E-state index contributed by atoms with van der Waals surface area (Å²) in [6, 6.07) is 81.8. The van der Waals surface area contributed by atoms with Crippen LogP contribution in [-0.2, 0) is 5.41 Å². The van der Waals surface area contributed by atoms with Crippen molar-refractivity contribution in [3.05, 3.63) is 247 Å². The van der Waals surface area contributed by atoms with Gasteiger partial charge >= 0.3 is 0 Å². The van der Waals surface area contributed by atoms with Crippen LogP contribution in [0.5, 0.6) is 0 Å². The molecule has 0 saturated heterocycles. The molecular formula is C55H38N2. The molecule has 0 atom stereocenters. The van der Waals surface area contributed by atoms with Crippen molar-refractivity contribution in [2.75, 3.05) is 5.32 Å². The molecule has 0 spiro atoms. The van der Waals surface area contributed by atoms with Gasteiger partial charge in [0.05, 0.1) is 16.4 Å². The van der Waals surface area contributed by atoms with Crippen molar-refractivity contribution >= 4 is 33.2 Å². The summed E-state index contributed by atoms with van der Waals surface area (Å²) in [7, 11) is 0. The Bertz CT molecular complexity index is 3030. The summed E-state index contributed by atoms with van der Waals surface area (Å²) < 4.78 is 2.45. The summed E-state index contributed by atoms with van der Waals surface area (Å²) >= 11 is 0. The predicted molar refractivity (Wildman–Crippen MR) is 239 cm³/mol. The highest BCUT2D eigenvalue weighted by Gasteiger charge is 2.47. The Labute approximate surface area is 333 Å². The van der Waals surface area contributed by atoms with E-state index in [2.05, 4.69) is 228 Å². The number of hydrogen-bond donors (Lipinski definition) is 1. The monoisotopic (exact) mass is 726 g/mol. The van der Waals surface area contributed by atoms with Crippen molar-refractivity contribution in [1.82, 2.24) is 4.57 Å². The van der Waals surface area contributed by atoms with Gasteiger partial charge in [-0.15, -0.1) is 0 Å². The highest BCUT2D eigenvalue weighted by atomic mass is 15.0. The molecule has 9 aromatic carbocycles. The summed E-state index contributed by atoms with van der Waals surface area (Å²) in [6.07, 6.45) is 0. The zero-order valence-electron chi connectivity index (χ0n) is 31.3. The normalized spacial score (nSPS) is 12.7. The molecule has 11 rings (SSSR count). The number of rotatable bonds is 7. The summed E-state index contributed by atoms with van der Waals surface area (Å²) in [4.78, 5) is 0. The molecule has 1 N–H and O–H groups in total. The highest BCUT2D eigenvalue weighted by Crippen LogP contribution is 2.59. The molecule has 0 saturated carbocycles. The van der Waals surface area contributed by atoms with Crippen molar-refractivity contribution in [3.8, 4) is 39.1 Å². The SMILES string of the molecule is c1ccc(Nc2ccccc2-c2cccc(-c3ccc4c(c3)c3c5c(ccc3n4-c3ccccc3)C(c3ccccc3)(c3ccccc3)c3ccccc3-5)c2)cc1. The minimum Gasteiger partial charge on any atom is -0.355 e. The van der Waals surface area contributed by atoms with Crippen molar-refractivity contribution in [2.45, 2.75) is 5.41 Å². The summed E-state index contributed by atoms with van der Waals surface area (Å²) in [5, 5.41) is 6.17. The third-order valence-corrected chi connectivity index (χ3v) is 11.9. The van der Waals surface area contributed by atoms with E-state index < -0.39 is 5.41 Å². The van der Waals surface area contributed by atoms with E-state index in [1.165, 1.54) is 71.9 Å². The van der Waals surface area contributed by atoms with Crippen LogP contribution in [0, 0.1) is 0 Å². The van der Waals surface area contributed by atoms with Crippen molar-refractivity contribution < 1.29 is 0 Å². The first-order valence-electron chi connectivity index (χ1n) is 19.7. The second kappa shape index (κ2) is 13.4. The Morgan fingerprint density at radius 3 is 1.70 bits per heavy atom. The van der Waals surface area contributed by atoms with Crippen LogP contribution in [0.25, 0.3) is 60.9 Å². The lowest BCUT2D eigenvalue weighted by atomic mass is 9.67. The first kappa shape index (κ1) is 33.0. The van der Waals surface area contributed by atoms with Gasteiger partial charge in [-0.25, -0.2) is 0 Å². The van der Waals surface area contributed by atoms with Crippen molar-refractivity contribution in [3.63, 3.8) is 0 Å². The van der Waals surface area contributed by atoms with Crippen LogP contribution >= 0.6 is 0 Å². The first-order valence-corrected chi connectivity index (χ1v) is 19.7. The molecule has 0 radical (unpaired) electrons. The van der Waals surface area contributed by atoms with Crippen LogP contribution in [0.1, 0.15) is 22.3 Å². The maximum Gasteiger partial charge on any atom is 0.0713 e. The van der Waals surface area contributed by atoms with Gasteiger partial charge in [-0.2, -0.15) is 0 Å². The zero-order chi connectivity index (χ0) is 37.8. The van der Waals surface area contributed by atoms with Crippen LogP contribution < -0.4 is 5.32 Å². The summed E-state index contributed by atoms with van der Waals surface area (Å²) in [6.45, 7) is 0. The molecule has 1 aliphatic carbocycles. The molecular weight excluding hydrogens is 689 g/mol. The lowest BCUT2D eigenvalue weighted by Crippen LogP contribution is -2.28. The van der Waals surface area contributed by atoms with E-state index >= 15 is 0 Å². The molecule has 2 nitrogen and oxygen atoms in total. The Balaban J connectivity index is 1.17. The topological polar surface area (TPSA) is 17.0 Å². The average Bonchev–Trinajstić information content (AvgIpc) is 3.78. The number of nitrogens with zero attached hydrogens (tertiary/aromatic N) is 1. The van der Waals surface area contributed by atoms with Gasteiger partial charge in [0.25, 0.3) is 0 Å². The molecule has 2 heteroatoms. The second-order valence-corrected chi connectivity index (χ2v) is 14.9. The maximum atomic E-state index is 3.65. The minimum atomic E-state index is -0.475. The Hall–Kier alpha value is -7.42. The molecule has 1 heterocycles. The van der Waals surface area contributed by atoms with E-state index in [0.29, 0.717) is 0 Å². The van der Waals surface area contributed by atoms with Gasteiger partial charge in [0, 0.05) is 33.4 Å². The molecule has 57 heavy (non-hydrogen) atoms. The number of aromatic nitrogens is 1. The van der Waals surface area contributed by atoms with E-state index in [-0.39, 0.29) is 0 Å². The number of anilines is 2. The van der Waals surface area contributed by atoms with Crippen LogP contribution in [0.3, 0.4) is 0 Å². The van der Waals surface area contributed by atoms with Crippen molar-refractivity contribution in [1.29, 1.82) is 0 Å². The number of benzene rings is 9. The lowest BCUT2D eigenvalue weighted by molar-refractivity contribution is 0.769. The maximum absolute atomic E-state index is 3.65. The van der Waals surface area contributed by atoms with Gasteiger partial charge in [-0.3, -0.25) is 0 Å². The van der Waals surface area contributed by atoms with Crippen LogP contribution in [0.4, 0.5) is 11.4 Å². The van der Waals surface area contributed by atoms with Gasteiger partial charge < -0.3 is 9.88 Å². The predicted octanol–water partition coefficient (Wildman–Crippen LogP) is 14.2. The first-order chi connectivity index (χ1) is 28.3. The van der Waals surface area contributed by atoms with Gasteiger partial charge in [0.2, 0.25) is 0 Å². The smallest absolute Gasteiger partial charge is 0.0713 e. The van der Waals surface area contributed by atoms with E-state index in [1.54, 1.807) is 0 Å². The number of para-hydroxylation sites is 3. The third kappa shape index (κ3) is 5.18. The molecule has 10 aromatic rings. The number of fused-ring (bicyclic) bond motifs is 7. The van der Waals surface area contributed by atoms with Crippen LogP contribution in [0.15, 0.2) is 224 Å². The number of hydrogen-bond acceptors (Lipinski definition) is 1. The summed E-state index contributed by atoms with van der Waals surface area (Å²) in [5.41, 5.74) is 17.7. The fraction of sp³-hybridized carbons (Fsp3) is 0.0182. The molecule has 0 unspecified atom stereocenters. The second-order valence-electron chi connectivity index (χ2n) is 14.9. The molecule has 1 aliphatic rings. The van der Waals surface area contributed by atoms with Crippen LogP contribution in [-0.4, -0.2) is 4.57 Å². The van der Waals surface area contributed by atoms with Gasteiger partial charge in [-0.1, -0.05) is 170 Å². The Kier molecular flexibility index (Phi) is 7.75. The van der Waals surface area contributed by atoms with Crippen LogP contribution in [0.2, 0.25) is 0 Å². The largest absolute Gasteiger partial charge is 0.355 e. The lowest BCUT2D eigenvalue weighted by Gasteiger charge is -2.33. The van der Waals surface area contributed by atoms with E-state index in [9.17, 15) is 0 Å². The molecule has 268 valence electrons. The van der Waals surface area contributed by atoms with Gasteiger partial charge in [-0.05, 0) is 105 Å². The molecule has 0 bridgehead atoms. The third-order valence-electron chi connectivity index (χ3n) is 11.9. The Morgan fingerprint density at radius 2 is 0.965 bits per heavy atom. The van der Waals surface area contributed by atoms with Gasteiger partial charge in [0.1, 0.15) is 0 Å². The molecule has 1 aromatic heterocycles. The standard InChI is InChI=1S/C55H38N2/c1-5-20-41(21-6-1)55(42-22-7-2-8-23-42)48-30-15-13-29-46(48)53-49(55)33-35-52-54(53)47-37-39(32-34-51(47)57(52)44-26-11-4-12-27-44)38-18-17-19-40(36-38)45-28-14-16-31-50(45)56-43-24-9-3-10-25-43/h1-37,56H.